The van der Waals surface area contributed by atoms with Crippen LogP contribution in [0.4, 0.5) is 0 Å². The van der Waals surface area contributed by atoms with Crippen molar-refractivity contribution in [1.29, 1.82) is 0 Å². The maximum absolute atomic E-state index is 12.5. The van der Waals surface area contributed by atoms with Crippen LogP contribution in [0.5, 0.6) is 0 Å². The van der Waals surface area contributed by atoms with Crippen LogP contribution in [0.3, 0.4) is 0 Å². The van der Waals surface area contributed by atoms with Gasteiger partial charge in [-0.3, -0.25) is 10.1 Å². The molecule has 0 radical (unpaired) electrons. The minimum absolute atomic E-state index is 0.0836. The van der Waals surface area contributed by atoms with Crippen LogP contribution >= 0.6 is 0 Å². The second kappa shape index (κ2) is 5.33. The van der Waals surface area contributed by atoms with E-state index in [1.54, 1.807) is 0 Å². The van der Waals surface area contributed by atoms with Gasteiger partial charge in [-0.2, -0.15) is 0 Å². The molecule has 2 rings (SSSR count). The highest BCUT2D eigenvalue weighted by Crippen LogP contribution is 2.21. The Hall–Kier alpha value is -1.35. The Morgan fingerprint density at radius 3 is 2.42 bits per heavy atom. The molecule has 1 aromatic rings. The van der Waals surface area contributed by atoms with E-state index in [9.17, 15) is 4.79 Å². The van der Waals surface area contributed by atoms with Gasteiger partial charge in [0.2, 0.25) is 5.91 Å². The first-order chi connectivity index (χ1) is 8.87. The van der Waals surface area contributed by atoms with Gasteiger partial charge in [-0.15, -0.1) is 0 Å². The Balaban J connectivity index is 2.04. The summed E-state index contributed by atoms with van der Waals surface area (Å²) in [6.45, 7) is 9.35. The third-order valence-electron chi connectivity index (χ3n) is 3.42. The highest BCUT2D eigenvalue weighted by Gasteiger charge is 2.37. The van der Waals surface area contributed by atoms with Gasteiger partial charge in [0.1, 0.15) is 0 Å². The largest absolute Gasteiger partial charge is 0.326 e. The van der Waals surface area contributed by atoms with Crippen LogP contribution in [0.1, 0.15) is 33.3 Å². The molecule has 2 unspecified atom stereocenters. The molecule has 1 N–H and O–H groups in total. The third-order valence-corrected chi connectivity index (χ3v) is 3.42. The van der Waals surface area contributed by atoms with Crippen molar-refractivity contribution in [2.45, 2.75) is 46.3 Å². The molecule has 2 atom stereocenters. The molecule has 0 bridgehead atoms. The lowest BCUT2D eigenvalue weighted by molar-refractivity contribution is -0.131. The first-order valence-corrected chi connectivity index (χ1v) is 6.97. The zero-order chi connectivity index (χ0) is 14.0. The average molecular weight is 260 g/mol. The van der Waals surface area contributed by atoms with Crippen molar-refractivity contribution in [2.24, 2.45) is 5.41 Å². The van der Waals surface area contributed by atoms with Crippen molar-refractivity contribution in [3.05, 3.63) is 35.9 Å². The summed E-state index contributed by atoms with van der Waals surface area (Å²) >= 11 is 0. The summed E-state index contributed by atoms with van der Waals surface area (Å²) in [5.41, 5.74) is 1.34. The van der Waals surface area contributed by atoms with Gasteiger partial charge in [-0.25, -0.2) is 0 Å². The summed E-state index contributed by atoms with van der Waals surface area (Å²) < 4.78 is 0. The molecule has 3 nitrogen and oxygen atoms in total. The van der Waals surface area contributed by atoms with Gasteiger partial charge in [0.05, 0.1) is 12.2 Å². The van der Waals surface area contributed by atoms with Gasteiger partial charge >= 0.3 is 0 Å². The van der Waals surface area contributed by atoms with E-state index >= 15 is 0 Å². The quantitative estimate of drug-likeness (QED) is 0.905. The van der Waals surface area contributed by atoms with Gasteiger partial charge in [-0.05, 0) is 24.3 Å². The van der Waals surface area contributed by atoms with Crippen molar-refractivity contribution in [3.8, 4) is 0 Å². The molecule has 1 amide bonds. The van der Waals surface area contributed by atoms with E-state index < -0.39 is 0 Å². The van der Waals surface area contributed by atoms with Crippen molar-refractivity contribution in [3.63, 3.8) is 0 Å². The monoisotopic (exact) mass is 260 g/mol. The summed E-state index contributed by atoms with van der Waals surface area (Å²) in [6.07, 6.45) is 0.894. The zero-order valence-corrected chi connectivity index (χ0v) is 12.3. The van der Waals surface area contributed by atoms with Crippen LogP contribution in [-0.4, -0.2) is 29.6 Å². The molecule has 0 spiro atoms. The number of hydrogen-bond donors (Lipinski definition) is 1. The second-order valence-electron chi connectivity index (χ2n) is 6.61. The van der Waals surface area contributed by atoms with Gasteiger partial charge in [0.25, 0.3) is 0 Å². The molecule has 0 aliphatic carbocycles. The van der Waals surface area contributed by atoms with Crippen molar-refractivity contribution in [2.75, 3.05) is 6.54 Å². The maximum Gasteiger partial charge on any atom is 0.241 e. The standard InChI is InChI=1S/C16H24N2O/c1-12-17-14(10-13-8-6-5-7-9-13)15(19)18(12)11-16(2,3)4/h5-9,12,14,17H,10-11H2,1-4H3. The van der Waals surface area contributed by atoms with Crippen LogP contribution in [0.15, 0.2) is 30.3 Å². The number of carbonyl (C=O) groups is 1. The summed E-state index contributed by atoms with van der Waals surface area (Å²) in [5, 5.41) is 3.40. The van der Waals surface area contributed by atoms with Crippen LogP contribution in [0.25, 0.3) is 0 Å². The Labute approximate surface area is 116 Å². The fraction of sp³-hybridized carbons (Fsp3) is 0.562. The number of rotatable bonds is 3. The molecule has 3 heteroatoms. The van der Waals surface area contributed by atoms with Crippen LogP contribution in [0, 0.1) is 5.41 Å². The van der Waals surface area contributed by atoms with E-state index in [4.69, 9.17) is 0 Å². The van der Waals surface area contributed by atoms with Crippen molar-refractivity contribution in [1.82, 2.24) is 10.2 Å². The van der Waals surface area contributed by atoms with E-state index in [2.05, 4.69) is 45.1 Å². The fourth-order valence-corrected chi connectivity index (χ4v) is 2.57. The molecule has 1 fully saturated rings. The van der Waals surface area contributed by atoms with Crippen LogP contribution in [0.2, 0.25) is 0 Å². The Kier molecular flexibility index (Phi) is 3.95. The first kappa shape index (κ1) is 14.1. The van der Waals surface area contributed by atoms with E-state index in [1.807, 2.05) is 23.1 Å². The predicted molar refractivity (Wildman–Crippen MR) is 77.7 cm³/mol. The Morgan fingerprint density at radius 1 is 1.21 bits per heavy atom. The van der Waals surface area contributed by atoms with Gasteiger partial charge in [0.15, 0.2) is 0 Å². The molecule has 0 aromatic heterocycles. The van der Waals surface area contributed by atoms with Crippen molar-refractivity contribution >= 4 is 5.91 Å². The lowest BCUT2D eigenvalue weighted by Crippen LogP contribution is -2.40. The third kappa shape index (κ3) is 3.57. The van der Waals surface area contributed by atoms with E-state index in [0.29, 0.717) is 0 Å². The highest BCUT2D eigenvalue weighted by molar-refractivity contribution is 5.84. The lowest BCUT2D eigenvalue weighted by atomic mass is 9.95. The highest BCUT2D eigenvalue weighted by atomic mass is 16.2. The van der Waals surface area contributed by atoms with E-state index in [0.717, 1.165) is 13.0 Å². The predicted octanol–water partition coefficient (Wildman–Crippen LogP) is 2.42. The number of hydrogen-bond acceptors (Lipinski definition) is 2. The minimum Gasteiger partial charge on any atom is -0.326 e. The molecule has 0 saturated carbocycles. The summed E-state index contributed by atoms with van der Waals surface area (Å²) in [7, 11) is 0. The topological polar surface area (TPSA) is 32.3 Å². The van der Waals surface area contributed by atoms with Gasteiger partial charge in [-0.1, -0.05) is 51.1 Å². The van der Waals surface area contributed by atoms with Crippen LogP contribution in [-0.2, 0) is 11.2 Å². The Morgan fingerprint density at radius 2 is 1.84 bits per heavy atom. The molecular weight excluding hydrogens is 236 g/mol. The molecule has 1 aromatic carbocycles. The minimum atomic E-state index is -0.0836. The SMILES string of the molecule is CC1NC(Cc2ccccc2)C(=O)N1CC(C)(C)C. The van der Waals surface area contributed by atoms with Gasteiger partial charge < -0.3 is 4.90 Å². The zero-order valence-electron chi connectivity index (χ0n) is 12.3. The normalized spacial score (nSPS) is 24.0. The number of carbonyl (C=O) groups excluding carboxylic acids is 1. The van der Waals surface area contributed by atoms with Crippen molar-refractivity contribution < 1.29 is 4.79 Å². The summed E-state index contributed by atoms with van der Waals surface area (Å²) in [4.78, 5) is 14.4. The average Bonchev–Trinajstić information content (AvgIpc) is 2.57. The van der Waals surface area contributed by atoms with E-state index in [-0.39, 0.29) is 23.5 Å². The first-order valence-electron chi connectivity index (χ1n) is 6.97. The molecule has 19 heavy (non-hydrogen) atoms. The van der Waals surface area contributed by atoms with Gasteiger partial charge in [0, 0.05) is 6.54 Å². The summed E-state index contributed by atoms with van der Waals surface area (Å²) in [5.74, 6) is 0.228. The molecular formula is C16H24N2O. The maximum atomic E-state index is 12.5. The number of nitrogens with zero attached hydrogens (tertiary/aromatic N) is 1. The number of benzene rings is 1. The second-order valence-corrected chi connectivity index (χ2v) is 6.61. The number of nitrogens with one attached hydrogen (secondary N) is 1. The summed E-state index contributed by atoms with van der Waals surface area (Å²) in [6, 6.07) is 10.1. The van der Waals surface area contributed by atoms with Crippen LogP contribution < -0.4 is 5.32 Å². The van der Waals surface area contributed by atoms with E-state index in [1.165, 1.54) is 5.56 Å². The molecule has 1 aliphatic heterocycles. The molecule has 1 saturated heterocycles. The molecule has 1 heterocycles. The molecule has 1 aliphatic rings. The lowest BCUT2D eigenvalue weighted by Gasteiger charge is -2.29. The Bertz CT molecular complexity index is 436. The molecule has 104 valence electrons. The smallest absolute Gasteiger partial charge is 0.241 e. The number of amides is 1. The fourth-order valence-electron chi connectivity index (χ4n) is 2.57.